The summed E-state index contributed by atoms with van der Waals surface area (Å²) < 4.78 is 1.35. The first-order valence-electron chi connectivity index (χ1n) is 6.82. The second kappa shape index (κ2) is 6.25. The summed E-state index contributed by atoms with van der Waals surface area (Å²) >= 11 is 0. The highest BCUT2D eigenvalue weighted by Gasteiger charge is 2.11. The van der Waals surface area contributed by atoms with E-state index in [-0.39, 0.29) is 11.5 Å². The highest BCUT2D eigenvalue weighted by atomic mass is 16.2. The van der Waals surface area contributed by atoms with E-state index in [1.165, 1.54) is 4.57 Å². The molecule has 0 aliphatic rings. The maximum atomic E-state index is 11.9. The van der Waals surface area contributed by atoms with Crippen LogP contribution < -0.4 is 22.3 Å². The zero-order chi connectivity index (χ0) is 15.4. The molecule has 2 aromatic rings. The van der Waals surface area contributed by atoms with Gasteiger partial charge in [0, 0.05) is 12.2 Å². The van der Waals surface area contributed by atoms with Crippen molar-refractivity contribution in [3.63, 3.8) is 0 Å². The molecule has 0 saturated carbocycles. The Hall–Kier alpha value is -2.57. The number of aryl methyl sites for hydroxylation is 1. The van der Waals surface area contributed by atoms with E-state index in [4.69, 9.17) is 5.73 Å². The van der Waals surface area contributed by atoms with Gasteiger partial charge in [-0.25, -0.2) is 4.79 Å². The van der Waals surface area contributed by atoms with E-state index in [0.717, 1.165) is 17.8 Å². The number of rotatable bonds is 5. The molecule has 0 aliphatic carbocycles. The third-order valence-electron chi connectivity index (χ3n) is 3.08. The van der Waals surface area contributed by atoms with Crippen LogP contribution in [-0.2, 0) is 13.1 Å². The summed E-state index contributed by atoms with van der Waals surface area (Å²) in [7, 11) is 0. The van der Waals surface area contributed by atoms with Gasteiger partial charge in [-0.15, -0.1) is 0 Å². The smallest absolute Gasteiger partial charge is 0.330 e. The minimum absolute atomic E-state index is 0.151. The fourth-order valence-corrected chi connectivity index (χ4v) is 2.08. The van der Waals surface area contributed by atoms with Crippen molar-refractivity contribution in [2.45, 2.75) is 33.4 Å². The molecule has 2 aromatic heterocycles. The molecule has 2 heterocycles. The number of nitrogens with zero attached hydrogens (tertiary/aromatic N) is 2. The third kappa shape index (κ3) is 3.31. The first-order chi connectivity index (χ1) is 10.0. The fraction of sp³-hybridized carbons (Fsp3) is 0.357. The van der Waals surface area contributed by atoms with E-state index in [0.29, 0.717) is 13.1 Å². The van der Waals surface area contributed by atoms with Crippen molar-refractivity contribution in [1.29, 1.82) is 0 Å². The Balaban J connectivity index is 2.30. The van der Waals surface area contributed by atoms with E-state index < -0.39 is 11.2 Å². The number of pyridine rings is 1. The molecule has 0 aromatic carbocycles. The number of nitrogens with two attached hydrogens (primary N) is 1. The lowest BCUT2D eigenvalue weighted by Gasteiger charge is -2.13. The lowest BCUT2D eigenvalue weighted by molar-refractivity contribution is 0.642. The maximum Gasteiger partial charge on any atom is 0.330 e. The first kappa shape index (κ1) is 14.8. The van der Waals surface area contributed by atoms with Crippen molar-refractivity contribution in [3.8, 4) is 0 Å². The Morgan fingerprint density at radius 1 is 1.38 bits per heavy atom. The third-order valence-corrected chi connectivity index (χ3v) is 3.08. The van der Waals surface area contributed by atoms with Crippen LogP contribution in [0.5, 0.6) is 0 Å². The molecule has 7 nitrogen and oxygen atoms in total. The van der Waals surface area contributed by atoms with E-state index in [1.807, 2.05) is 32.0 Å². The van der Waals surface area contributed by atoms with Gasteiger partial charge in [-0.05, 0) is 25.5 Å². The van der Waals surface area contributed by atoms with Gasteiger partial charge in [-0.3, -0.25) is 19.3 Å². The molecule has 0 unspecified atom stereocenters. The Morgan fingerprint density at radius 3 is 2.81 bits per heavy atom. The van der Waals surface area contributed by atoms with Gasteiger partial charge in [-0.2, -0.15) is 0 Å². The van der Waals surface area contributed by atoms with Gasteiger partial charge in [0.1, 0.15) is 11.5 Å². The number of H-pyrrole nitrogens is 1. The van der Waals surface area contributed by atoms with Crippen molar-refractivity contribution < 1.29 is 0 Å². The highest BCUT2D eigenvalue weighted by molar-refractivity contribution is 5.60. The minimum atomic E-state index is -0.516. The molecular weight excluding hydrogens is 270 g/mol. The predicted molar refractivity (Wildman–Crippen MR) is 82.3 cm³/mol. The molecule has 0 atom stereocenters. The van der Waals surface area contributed by atoms with Crippen LogP contribution in [-0.4, -0.2) is 14.5 Å². The van der Waals surface area contributed by atoms with Crippen LogP contribution in [0.2, 0.25) is 0 Å². The molecule has 2 rings (SSSR count). The van der Waals surface area contributed by atoms with Gasteiger partial charge < -0.3 is 11.1 Å². The Morgan fingerprint density at radius 2 is 2.14 bits per heavy atom. The van der Waals surface area contributed by atoms with Crippen molar-refractivity contribution >= 4 is 11.5 Å². The van der Waals surface area contributed by atoms with Gasteiger partial charge in [-0.1, -0.05) is 13.0 Å². The van der Waals surface area contributed by atoms with Gasteiger partial charge in [0.25, 0.3) is 5.56 Å². The summed E-state index contributed by atoms with van der Waals surface area (Å²) in [5.74, 6) is 0.151. The number of nitrogens with one attached hydrogen (secondary N) is 2. The average molecular weight is 289 g/mol. The molecule has 0 amide bonds. The van der Waals surface area contributed by atoms with E-state index >= 15 is 0 Å². The number of anilines is 2. The number of aromatic nitrogens is 3. The summed E-state index contributed by atoms with van der Waals surface area (Å²) in [6.07, 6.45) is 0.745. The molecule has 0 fully saturated rings. The minimum Gasteiger partial charge on any atom is -0.383 e. The SMILES string of the molecule is CCCn1c(N)c(NCc2cccc(C)n2)c(=O)[nH]c1=O. The first-order valence-corrected chi connectivity index (χ1v) is 6.82. The lowest BCUT2D eigenvalue weighted by atomic mass is 10.3. The molecule has 21 heavy (non-hydrogen) atoms. The van der Waals surface area contributed by atoms with Crippen molar-refractivity contribution in [2.75, 3.05) is 11.1 Å². The summed E-state index contributed by atoms with van der Waals surface area (Å²) in [4.78, 5) is 30.2. The number of hydrogen-bond donors (Lipinski definition) is 3. The summed E-state index contributed by atoms with van der Waals surface area (Å²) in [6, 6.07) is 5.64. The van der Waals surface area contributed by atoms with Gasteiger partial charge in [0.2, 0.25) is 0 Å². The largest absolute Gasteiger partial charge is 0.383 e. The standard InChI is InChI=1S/C14H19N5O2/c1-3-7-19-12(15)11(13(20)18-14(19)21)16-8-10-6-4-5-9(2)17-10/h4-6,16H,3,7-8,15H2,1-2H3,(H,18,20,21). The molecule has 0 saturated heterocycles. The Labute approximate surface area is 121 Å². The van der Waals surface area contributed by atoms with Gasteiger partial charge >= 0.3 is 5.69 Å². The van der Waals surface area contributed by atoms with Crippen molar-refractivity contribution in [1.82, 2.24) is 14.5 Å². The summed E-state index contributed by atoms with van der Waals surface area (Å²) in [5.41, 5.74) is 6.81. The van der Waals surface area contributed by atoms with Crippen LogP contribution in [0.3, 0.4) is 0 Å². The van der Waals surface area contributed by atoms with Gasteiger partial charge in [0.05, 0.1) is 12.2 Å². The highest BCUT2D eigenvalue weighted by Crippen LogP contribution is 2.11. The molecule has 0 aliphatic heterocycles. The van der Waals surface area contributed by atoms with Crippen LogP contribution in [0.15, 0.2) is 27.8 Å². The molecule has 7 heteroatoms. The molecular formula is C14H19N5O2. The Bertz CT molecular complexity index is 748. The second-order valence-electron chi connectivity index (χ2n) is 4.80. The van der Waals surface area contributed by atoms with Crippen molar-refractivity contribution in [2.24, 2.45) is 0 Å². The predicted octanol–water partition coefficient (Wildman–Crippen LogP) is 0.844. The summed E-state index contributed by atoms with van der Waals surface area (Å²) in [5, 5.41) is 2.96. The molecule has 0 spiro atoms. The average Bonchev–Trinajstić information content (AvgIpc) is 2.43. The molecule has 0 radical (unpaired) electrons. The lowest BCUT2D eigenvalue weighted by Crippen LogP contribution is -2.34. The van der Waals surface area contributed by atoms with Crippen LogP contribution in [0.4, 0.5) is 11.5 Å². The van der Waals surface area contributed by atoms with Crippen LogP contribution in [0, 0.1) is 6.92 Å². The number of nitrogen functional groups attached to an aromatic ring is 1. The molecule has 112 valence electrons. The van der Waals surface area contributed by atoms with Crippen LogP contribution in [0.25, 0.3) is 0 Å². The summed E-state index contributed by atoms with van der Waals surface area (Å²) in [6.45, 7) is 4.64. The quantitative estimate of drug-likeness (QED) is 0.756. The number of aromatic amines is 1. The normalized spacial score (nSPS) is 10.6. The zero-order valence-electron chi connectivity index (χ0n) is 12.1. The van der Waals surface area contributed by atoms with Crippen LogP contribution in [0.1, 0.15) is 24.7 Å². The molecule has 4 N–H and O–H groups in total. The van der Waals surface area contributed by atoms with Gasteiger partial charge in [0.15, 0.2) is 0 Å². The van der Waals surface area contributed by atoms with E-state index in [1.54, 1.807) is 0 Å². The monoisotopic (exact) mass is 289 g/mol. The zero-order valence-corrected chi connectivity index (χ0v) is 12.1. The second-order valence-corrected chi connectivity index (χ2v) is 4.80. The molecule has 0 bridgehead atoms. The number of hydrogen-bond acceptors (Lipinski definition) is 5. The van der Waals surface area contributed by atoms with Crippen molar-refractivity contribution in [3.05, 3.63) is 50.4 Å². The van der Waals surface area contributed by atoms with E-state index in [9.17, 15) is 9.59 Å². The topological polar surface area (TPSA) is 106 Å². The fourth-order valence-electron chi connectivity index (χ4n) is 2.08. The Kier molecular flexibility index (Phi) is 4.42. The maximum absolute atomic E-state index is 11.9. The van der Waals surface area contributed by atoms with Crippen LogP contribution >= 0.6 is 0 Å². The van der Waals surface area contributed by atoms with E-state index in [2.05, 4.69) is 15.3 Å².